The maximum atomic E-state index is 12.4. The molecule has 0 saturated carbocycles. The molecule has 0 atom stereocenters. The molecule has 0 N–H and O–H groups in total. The Morgan fingerprint density at radius 1 is 1.21 bits per heavy atom. The Morgan fingerprint density at radius 3 is 2.63 bits per heavy atom. The molecule has 2 saturated heterocycles. The largest absolute Gasteiger partial charge is 0.336 e. The lowest BCUT2D eigenvalue weighted by Crippen LogP contribution is -2.71. The molecule has 1 spiro atoms. The predicted octanol–water partition coefficient (Wildman–Crippen LogP) is 2.29. The molecule has 0 aliphatic carbocycles. The lowest BCUT2D eigenvalue weighted by atomic mass is 9.73. The fourth-order valence-electron chi connectivity index (χ4n) is 3.45. The van der Waals surface area contributed by atoms with Gasteiger partial charge in [0.1, 0.15) is 0 Å². The zero-order valence-corrected chi connectivity index (χ0v) is 11.7. The summed E-state index contributed by atoms with van der Waals surface area (Å²) in [7, 11) is 2.14. The smallest absolute Gasteiger partial charge is 0.264 e. The molecule has 0 radical (unpaired) electrons. The van der Waals surface area contributed by atoms with Crippen molar-refractivity contribution in [1.29, 1.82) is 0 Å². The van der Waals surface area contributed by atoms with Crippen LogP contribution in [0.15, 0.2) is 30.3 Å². The molecule has 1 aromatic heterocycles. The molecular formula is C15H16N2OS. The molecule has 4 heteroatoms. The Morgan fingerprint density at radius 2 is 1.95 bits per heavy atom. The van der Waals surface area contributed by atoms with E-state index in [0.29, 0.717) is 5.41 Å². The molecule has 2 aromatic rings. The van der Waals surface area contributed by atoms with Crippen molar-refractivity contribution in [1.82, 2.24) is 9.80 Å². The first-order valence-corrected chi connectivity index (χ1v) is 7.43. The third kappa shape index (κ3) is 1.70. The average Bonchev–Trinajstić information content (AvgIpc) is 2.74. The van der Waals surface area contributed by atoms with Crippen molar-refractivity contribution in [2.75, 3.05) is 33.2 Å². The van der Waals surface area contributed by atoms with Gasteiger partial charge in [-0.25, -0.2) is 0 Å². The highest BCUT2D eigenvalue weighted by molar-refractivity contribution is 7.20. The second-order valence-electron chi connectivity index (χ2n) is 5.98. The molecule has 0 bridgehead atoms. The Bertz CT molecular complexity index is 616. The summed E-state index contributed by atoms with van der Waals surface area (Å²) >= 11 is 1.61. The minimum absolute atomic E-state index is 0.210. The molecule has 98 valence electrons. The van der Waals surface area contributed by atoms with Gasteiger partial charge in [-0.1, -0.05) is 18.2 Å². The van der Waals surface area contributed by atoms with Crippen molar-refractivity contribution < 1.29 is 4.79 Å². The lowest BCUT2D eigenvalue weighted by Gasteiger charge is -2.59. The Labute approximate surface area is 116 Å². The van der Waals surface area contributed by atoms with Gasteiger partial charge in [0.15, 0.2) is 0 Å². The molecule has 1 amide bonds. The van der Waals surface area contributed by atoms with Crippen LogP contribution in [0.4, 0.5) is 0 Å². The van der Waals surface area contributed by atoms with Crippen molar-refractivity contribution in [3.8, 4) is 0 Å². The van der Waals surface area contributed by atoms with Crippen molar-refractivity contribution in [2.45, 2.75) is 0 Å². The molecule has 3 heterocycles. The van der Waals surface area contributed by atoms with Crippen molar-refractivity contribution in [3.05, 3.63) is 35.2 Å². The Balaban J connectivity index is 1.52. The summed E-state index contributed by atoms with van der Waals surface area (Å²) in [5.41, 5.74) is 0.418. The number of hydrogen-bond acceptors (Lipinski definition) is 3. The van der Waals surface area contributed by atoms with Gasteiger partial charge in [0, 0.05) is 36.3 Å². The van der Waals surface area contributed by atoms with Gasteiger partial charge < -0.3 is 9.80 Å². The second kappa shape index (κ2) is 3.81. The molecule has 4 rings (SSSR count). The second-order valence-corrected chi connectivity index (χ2v) is 7.07. The van der Waals surface area contributed by atoms with Gasteiger partial charge in [-0.15, -0.1) is 11.3 Å². The van der Waals surface area contributed by atoms with Crippen LogP contribution in [0.3, 0.4) is 0 Å². The van der Waals surface area contributed by atoms with E-state index in [2.05, 4.69) is 24.1 Å². The third-order valence-electron chi connectivity index (χ3n) is 4.19. The van der Waals surface area contributed by atoms with Crippen LogP contribution in [0.25, 0.3) is 10.1 Å². The normalized spacial score (nSPS) is 21.4. The van der Waals surface area contributed by atoms with E-state index in [9.17, 15) is 4.79 Å². The van der Waals surface area contributed by atoms with Crippen LogP contribution in [0, 0.1) is 5.41 Å². The van der Waals surface area contributed by atoms with E-state index in [1.165, 1.54) is 10.1 Å². The standard InChI is InChI=1S/C15H16N2OS/c1-16-7-15(8-16)9-17(10-15)14(18)13-6-11-4-2-3-5-12(11)19-13/h2-6H,7-10H2,1H3. The lowest BCUT2D eigenvalue weighted by molar-refractivity contribution is -0.0870. The number of nitrogens with zero attached hydrogens (tertiary/aromatic N) is 2. The van der Waals surface area contributed by atoms with E-state index in [1.807, 2.05) is 23.1 Å². The first-order valence-electron chi connectivity index (χ1n) is 6.62. The van der Waals surface area contributed by atoms with Crippen LogP contribution in [0.2, 0.25) is 0 Å². The molecular weight excluding hydrogens is 256 g/mol. The molecule has 2 fully saturated rings. The molecule has 2 aliphatic heterocycles. The van der Waals surface area contributed by atoms with E-state index in [0.717, 1.165) is 31.1 Å². The molecule has 19 heavy (non-hydrogen) atoms. The van der Waals surface area contributed by atoms with E-state index in [1.54, 1.807) is 11.3 Å². The number of fused-ring (bicyclic) bond motifs is 1. The minimum atomic E-state index is 0.210. The van der Waals surface area contributed by atoms with Gasteiger partial charge >= 0.3 is 0 Å². The number of carbonyl (C=O) groups excluding carboxylic acids is 1. The predicted molar refractivity (Wildman–Crippen MR) is 77.7 cm³/mol. The zero-order chi connectivity index (χ0) is 13.0. The maximum absolute atomic E-state index is 12.4. The highest BCUT2D eigenvalue weighted by atomic mass is 32.1. The van der Waals surface area contributed by atoms with E-state index < -0.39 is 0 Å². The first kappa shape index (κ1) is 11.4. The summed E-state index contributed by atoms with van der Waals surface area (Å²) in [6.45, 7) is 4.15. The van der Waals surface area contributed by atoms with Gasteiger partial charge in [0.05, 0.1) is 4.88 Å². The number of rotatable bonds is 1. The number of likely N-dealkylation sites (tertiary alicyclic amines) is 2. The van der Waals surface area contributed by atoms with E-state index >= 15 is 0 Å². The van der Waals surface area contributed by atoms with Gasteiger partial charge in [0.25, 0.3) is 5.91 Å². The molecule has 2 aliphatic rings. The topological polar surface area (TPSA) is 23.6 Å². The number of thiophene rings is 1. The monoisotopic (exact) mass is 272 g/mol. The molecule has 3 nitrogen and oxygen atoms in total. The molecule has 0 unspecified atom stereocenters. The van der Waals surface area contributed by atoms with Gasteiger partial charge in [-0.05, 0) is 24.6 Å². The number of amides is 1. The van der Waals surface area contributed by atoms with Crippen LogP contribution >= 0.6 is 11.3 Å². The number of hydrogen-bond donors (Lipinski definition) is 0. The summed E-state index contributed by atoms with van der Waals surface area (Å²) in [5, 5.41) is 1.18. The highest BCUT2D eigenvalue weighted by Gasteiger charge is 2.51. The van der Waals surface area contributed by atoms with Gasteiger partial charge in [0.2, 0.25) is 0 Å². The SMILES string of the molecule is CN1CC2(C1)CN(C(=O)c1cc3ccccc3s1)C2. The van der Waals surface area contributed by atoms with Crippen LogP contribution in [0.5, 0.6) is 0 Å². The van der Waals surface area contributed by atoms with Crippen LogP contribution in [0.1, 0.15) is 9.67 Å². The fourth-order valence-corrected chi connectivity index (χ4v) is 4.48. The number of carbonyl (C=O) groups is 1. The average molecular weight is 272 g/mol. The maximum Gasteiger partial charge on any atom is 0.264 e. The van der Waals surface area contributed by atoms with Crippen molar-refractivity contribution in [2.24, 2.45) is 5.41 Å². The van der Waals surface area contributed by atoms with Crippen LogP contribution in [-0.4, -0.2) is 48.9 Å². The highest BCUT2D eigenvalue weighted by Crippen LogP contribution is 2.40. The Hall–Kier alpha value is -1.39. The Kier molecular flexibility index (Phi) is 2.29. The number of benzene rings is 1. The van der Waals surface area contributed by atoms with Crippen molar-refractivity contribution in [3.63, 3.8) is 0 Å². The summed E-state index contributed by atoms with van der Waals surface area (Å²) in [5.74, 6) is 0.210. The quantitative estimate of drug-likeness (QED) is 0.795. The van der Waals surface area contributed by atoms with Gasteiger partial charge in [-0.2, -0.15) is 0 Å². The summed E-state index contributed by atoms with van der Waals surface area (Å²) in [6, 6.07) is 10.2. The van der Waals surface area contributed by atoms with E-state index in [-0.39, 0.29) is 5.91 Å². The minimum Gasteiger partial charge on any atom is -0.336 e. The molecule has 1 aromatic carbocycles. The third-order valence-corrected chi connectivity index (χ3v) is 5.29. The first-order chi connectivity index (χ1) is 9.15. The van der Waals surface area contributed by atoms with Crippen molar-refractivity contribution >= 4 is 27.3 Å². The van der Waals surface area contributed by atoms with Crippen LogP contribution in [-0.2, 0) is 0 Å². The fraction of sp³-hybridized carbons (Fsp3) is 0.400. The van der Waals surface area contributed by atoms with Gasteiger partial charge in [-0.3, -0.25) is 4.79 Å². The zero-order valence-electron chi connectivity index (χ0n) is 10.9. The van der Waals surface area contributed by atoms with E-state index in [4.69, 9.17) is 0 Å². The summed E-state index contributed by atoms with van der Waals surface area (Å²) < 4.78 is 1.20. The van der Waals surface area contributed by atoms with Crippen LogP contribution < -0.4 is 0 Å². The summed E-state index contributed by atoms with van der Waals surface area (Å²) in [6.07, 6.45) is 0. The summed E-state index contributed by atoms with van der Waals surface area (Å²) in [4.78, 5) is 17.6.